The zero-order chi connectivity index (χ0) is 18.9. The van der Waals surface area contributed by atoms with Crippen molar-refractivity contribution in [2.75, 3.05) is 6.54 Å². The molecule has 3 amide bonds. The maximum absolute atomic E-state index is 12.8. The van der Waals surface area contributed by atoms with Crippen LogP contribution in [0, 0.1) is 10.1 Å². The molecule has 0 unspecified atom stereocenters. The number of nitro benzene ring substituents is 1. The summed E-state index contributed by atoms with van der Waals surface area (Å²) in [6.07, 6.45) is 0. The summed E-state index contributed by atoms with van der Waals surface area (Å²) in [6, 6.07) is 13.0. The molecule has 3 rings (SSSR count). The summed E-state index contributed by atoms with van der Waals surface area (Å²) in [5.74, 6) is -0.942. The van der Waals surface area contributed by atoms with Crippen molar-refractivity contribution in [2.24, 2.45) is 0 Å². The molecule has 8 nitrogen and oxygen atoms in total. The van der Waals surface area contributed by atoms with Crippen LogP contribution in [-0.2, 0) is 10.3 Å². The third kappa shape index (κ3) is 2.92. The molecule has 1 N–H and O–H groups in total. The number of amides is 3. The number of carbonyl (C=O) groups is 3. The van der Waals surface area contributed by atoms with Crippen LogP contribution in [0.3, 0.4) is 0 Å². The van der Waals surface area contributed by atoms with Crippen LogP contribution in [0.15, 0.2) is 54.6 Å². The Morgan fingerprint density at radius 3 is 2.31 bits per heavy atom. The maximum Gasteiger partial charge on any atom is 0.325 e. The Morgan fingerprint density at radius 1 is 1.12 bits per heavy atom. The van der Waals surface area contributed by atoms with E-state index in [1.807, 2.05) is 0 Å². The largest absolute Gasteiger partial charge is 0.325 e. The van der Waals surface area contributed by atoms with Crippen molar-refractivity contribution in [1.29, 1.82) is 0 Å². The molecule has 0 aliphatic carbocycles. The summed E-state index contributed by atoms with van der Waals surface area (Å²) in [7, 11) is 0. The first-order valence-corrected chi connectivity index (χ1v) is 7.80. The number of hydrogen-bond acceptors (Lipinski definition) is 5. The second-order valence-electron chi connectivity index (χ2n) is 6.04. The number of nitrogens with one attached hydrogen (secondary N) is 1. The third-order valence-corrected chi connectivity index (χ3v) is 4.33. The van der Waals surface area contributed by atoms with Crippen LogP contribution in [0.1, 0.15) is 22.8 Å². The fourth-order valence-electron chi connectivity index (χ4n) is 2.81. The van der Waals surface area contributed by atoms with Crippen molar-refractivity contribution < 1.29 is 19.3 Å². The van der Waals surface area contributed by atoms with Crippen molar-refractivity contribution in [2.45, 2.75) is 12.5 Å². The van der Waals surface area contributed by atoms with Gasteiger partial charge in [0.15, 0.2) is 5.78 Å². The monoisotopic (exact) mass is 353 g/mol. The highest BCUT2D eigenvalue weighted by Gasteiger charge is 2.49. The molecule has 26 heavy (non-hydrogen) atoms. The molecule has 2 aromatic rings. The number of non-ortho nitro benzene ring substituents is 1. The van der Waals surface area contributed by atoms with Crippen LogP contribution >= 0.6 is 0 Å². The predicted molar refractivity (Wildman–Crippen MR) is 91.5 cm³/mol. The summed E-state index contributed by atoms with van der Waals surface area (Å²) < 4.78 is 0. The maximum atomic E-state index is 12.8. The molecule has 1 heterocycles. The van der Waals surface area contributed by atoms with Gasteiger partial charge in [-0.1, -0.05) is 30.3 Å². The van der Waals surface area contributed by atoms with Crippen LogP contribution in [0.5, 0.6) is 0 Å². The minimum absolute atomic E-state index is 0.120. The molecule has 0 spiro atoms. The number of imide groups is 1. The van der Waals surface area contributed by atoms with E-state index in [1.165, 1.54) is 31.2 Å². The Morgan fingerprint density at radius 2 is 1.73 bits per heavy atom. The average Bonchev–Trinajstić information content (AvgIpc) is 2.86. The van der Waals surface area contributed by atoms with Gasteiger partial charge >= 0.3 is 6.03 Å². The number of nitrogens with zero attached hydrogens (tertiary/aromatic N) is 2. The van der Waals surface area contributed by atoms with Gasteiger partial charge in [0.1, 0.15) is 5.54 Å². The van der Waals surface area contributed by atoms with Gasteiger partial charge in [-0.3, -0.25) is 24.6 Å². The predicted octanol–water partition coefficient (Wildman–Crippen LogP) is 2.24. The number of ketones is 1. The van der Waals surface area contributed by atoms with Gasteiger partial charge < -0.3 is 5.32 Å². The molecular formula is C18H15N3O5. The van der Waals surface area contributed by atoms with Gasteiger partial charge in [-0.25, -0.2) is 4.79 Å². The van der Waals surface area contributed by atoms with Gasteiger partial charge in [-0.05, 0) is 24.6 Å². The lowest BCUT2D eigenvalue weighted by Gasteiger charge is -2.22. The molecule has 2 aromatic carbocycles. The Bertz CT molecular complexity index is 895. The molecule has 0 saturated carbocycles. The second-order valence-corrected chi connectivity index (χ2v) is 6.04. The molecule has 1 aliphatic heterocycles. The van der Waals surface area contributed by atoms with E-state index in [9.17, 15) is 24.5 Å². The first-order valence-electron chi connectivity index (χ1n) is 7.80. The van der Waals surface area contributed by atoms with Crippen LogP contribution < -0.4 is 5.32 Å². The van der Waals surface area contributed by atoms with Crippen LogP contribution in [-0.4, -0.2) is 34.1 Å². The topological polar surface area (TPSA) is 110 Å². The fraction of sp³-hybridized carbons (Fsp3) is 0.167. The number of Topliss-reactive ketones (excluding diaryl/α,β-unsaturated/α-hetero) is 1. The lowest BCUT2D eigenvalue weighted by atomic mass is 9.92. The van der Waals surface area contributed by atoms with E-state index in [2.05, 4.69) is 5.32 Å². The van der Waals surface area contributed by atoms with E-state index in [4.69, 9.17) is 0 Å². The van der Waals surface area contributed by atoms with Gasteiger partial charge in [0.05, 0.1) is 11.5 Å². The molecule has 0 radical (unpaired) electrons. The molecule has 1 fully saturated rings. The van der Waals surface area contributed by atoms with E-state index in [0.717, 1.165) is 4.90 Å². The number of urea groups is 1. The molecular weight excluding hydrogens is 338 g/mol. The first kappa shape index (κ1) is 17.3. The second kappa shape index (κ2) is 6.40. The quantitative estimate of drug-likeness (QED) is 0.384. The molecule has 1 aliphatic rings. The number of rotatable bonds is 5. The average molecular weight is 353 g/mol. The van der Waals surface area contributed by atoms with Crippen molar-refractivity contribution in [1.82, 2.24) is 10.2 Å². The smallest absolute Gasteiger partial charge is 0.319 e. The zero-order valence-corrected chi connectivity index (χ0v) is 13.8. The van der Waals surface area contributed by atoms with Gasteiger partial charge in [-0.2, -0.15) is 0 Å². The normalized spacial score (nSPS) is 19.3. The minimum atomic E-state index is -1.39. The summed E-state index contributed by atoms with van der Waals surface area (Å²) in [5, 5.41) is 13.3. The molecule has 0 bridgehead atoms. The number of hydrogen-bond donors (Lipinski definition) is 1. The zero-order valence-electron chi connectivity index (χ0n) is 13.8. The Kier molecular flexibility index (Phi) is 4.25. The number of nitro groups is 1. The molecule has 1 atom stereocenters. The van der Waals surface area contributed by atoms with Crippen molar-refractivity contribution in [3.05, 3.63) is 75.8 Å². The van der Waals surface area contributed by atoms with E-state index in [1.54, 1.807) is 30.3 Å². The van der Waals surface area contributed by atoms with Crippen molar-refractivity contribution in [3.63, 3.8) is 0 Å². The Balaban J connectivity index is 1.83. The highest BCUT2D eigenvalue weighted by molar-refractivity contribution is 6.11. The van der Waals surface area contributed by atoms with Crippen molar-refractivity contribution >= 4 is 23.4 Å². The first-order chi connectivity index (χ1) is 12.3. The van der Waals surface area contributed by atoms with E-state index in [-0.39, 0.29) is 18.0 Å². The number of benzene rings is 2. The Hall–Kier alpha value is -3.55. The third-order valence-electron chi connectivity index (χ3n) is 4.33. The SMILES string of the molecule is C[C@]1(c2ccc([N+](=O)[O-])cc2)NC(=O)N(CC(=O)c2ccccc2)C1=O. The molecule has 0 aromatic heterocycles. The van der Waals surface area contributed by atoms with Gasteiger partial charge in [0, 0.05) is 17.7 Å². The highest BCUT2D eigenvalue weighted by atomic mass is 16.6. The van der Waals surface area contributed by atoms with E-state index in [0.29, 0.717) is 11.1 Å². The van der Waals surface area contributed by atoms with Gasteiger partial charge in [0.25, 0.3) is 11.6 Å². The van der Waals surface area contributed by atoms with E-state index < -0.39 is 22.4 Å². The molecule has 132 valence electrons. The minimum Gasteiger partial charge on any atom is -0.319 e. The lowest BCUT2D eigenvalue weighted by molar-refractivity contribution is -0.384. The molecule has 1 saturated heterocycles. The van der Waals surface area contributed by atoms with Crippen LogP contribution in [0.25, 0.3) is 0 Å². The summed E-state index contributed by atoms with van der Waals surface area (Å²) in [4.78, 5) is 48.4. The highest BCUT2D eigenvalue weighted by Crippen LogP contribution is 2.30. The summed E-state index contributed by atoms with van der Waals surface area (Å²) >= 11 is 0. The van der Waals surface area contributed by atoms with Gasteiger partial charge in [0.2, 0.25) is 0 Å². The summed E-state index contributed by atoms with van der Waals surface area (Å²) in [5.41, 5.74) is -0.707. The fourth-order valence-corrected chi connectivity index (χ4v) is 2.81. The lowest BCUT2D eigenvalue weighted by Crippen LogP contribution is -2.41. The van der Waals surface area contributed by atoms with Gasteiger partial charge in [-0.15, -0.1) is 0 Å². The number of carbonyl (C=O) groups excluding carboxylic acids is 3. The molecule has 8 heteroatoms. The summed E-state index contributed by atoms with van der Waals surface area (Å²) in [6.45, 7) is 1.12. The standard InChI is InChI=1S/C18H15N3O5/c1-18(13-7-9-14(10-8-13)21(25)26)16(23)20(17(24)19-18)11-15(22)12-5-3-2-4-6-12/h2-10H,11H2,1H3,(H,19,24)/t18-/m1/s1. The van der Waals surface area contributed by atoms with E-state index >= 15 is 0 Å². The Labute approximate surface area is 148 Å². The van der Waals surface area contributed by atoms with Crippen LogP contribution in [0.2, 0.25) is 0 Å². The van der Waals surface area contributed by atoms with Crippen molar-refractivity contribution in [3.8, 4) is 0 Å². The van der Waals surface area contributed by atoms with Crippen LogP contribution in [0.4, 0.5) is 10.5 Å².